The zero-order valence-corrected chi connectivity index (χ0v) is 11.1. The second-order valence-corrected chi connectivity index (χ2v) is 4.43. The van der Waals surface area contributed by atoms with Gasteiger partial charge in [0.2, 0.25) is 0 Å². The number of carbonyl (C=O) groups is 1. The number of hydrogen-bond acceptors (Lipinski definition) is 2. The molecule has 0 saturated heterocycles. The number of nitrogens with one attached hydrogen (secondary N) is 1. The number of halogens is 1. The van der Waals surface area contributed by atoms with E-state index < -0.39 is 0 Å². The third-order valence-corrected chi connectivity index (χ3v) is 2.26. The predicted octanol–water partition coefficient (Wildman–Crippen LogP) is 2.60. The first-order chi connectivity index (χ1) is 7.63. The topological polar surface area (TPSA) is 38.3 Å². The van der Waals surface area contributed by atoms with Crippen molar-refractivity contribution in [3.05, 3.63) is 29.8 Å². The first-order valence-corrected chi connectivity index (χ1v) is 6.36. The van der Waals surface area contributed by atoms with Crippen molar-refractivity contribution < 1.29 is 9.53 Å². The van der Waals surface area contributed by atoms with E-state index >= 15 is 0 Å². The van der Waals surface area contributed by atoms with Gasteiger partial charge in [0, 0.05) is 17.4 Å². The molecule has 0 saturated carbocycles. The third kappa shape index (κ3) is 4.23. The smallest absolute Gasteiger partial charge is 0.251 e. The Kier molecular flexibility index (Phi) is 5.32. The summed E-state index contributed by atoms with van der Waals surface area (Å²) in [6, 6.07) is 7.15. The first kappa shape index (κ1) is 13.0. The zero-order chi connectivity index (χ0) is 12.0. The number of carbonyl (C=O) groups excluding carboxylic acids is 1. The molecular weight excluding hydrogens is 270 g/mol. The van der Waals surface area contributed by atoms with Gasteiger partial charge in [0.25, 0.3) is 5.91 Å². The first-order valence-electron chi connectivity index (χ1n) is 5.24. The standard InChI is InChI=1S/C12H16BrNO2/c1-9(2)16-11-5-3-10(4-6-11)12(15)14-8-7-13/h3-6,9H,7-8H2,1-2H3,(H,14,15). The maximum Gasteiger partial charge on any atom is 0.251 e. The Morgan fingerprint density at radius 1 is 1.38 bits per heavy atom. The highest BCUT2D eigenvalue weighted by Gasteiger charge is 2.04. The minimum absolute atomic E-state index is 0.0597. The molecule has 1 rings (SSSR count). The third-order valence-electron chi connectivity index (χ3n) is 1.87. The fourth-order valence-corrected chi connectivity index (χ4v) is 1.42. The van der Waals surface area contributed by atoms with E-state index in [1.165, 1.54) is 0 Å². The lowest BCUT2D eigenvalue weighted by molar-refractivity contribution is 0.0956. The number of alkyl halides is 1. The molecule has 0 fully saturated rings. The summed E-state index contributed by atoms with van der Waals surface area (Å²) in [4.78, 5) is 11.6. The Balaban J connectivity index is 2.60. The molecule has 1 N–H and O–H groups in total. The Morgan fingerprint density at radius 3 is 2.50 bits per heavy atom. The molecule has 1 aromatic carbocycles. The zero-order valence-electron chi connectivity index (χ0n) is 9.50. The molecule has 1 amide bonds. The van der Waals surface area contributed by atoms with Crippen molar-refractivity contribution in [1.29, 1.82) is 0 Å². The molecule has 0 aliphatic rings. The van der Waals surface area contributed by atoms with E-state index in [1.54, 1.807) is 12.1 Å². The lowest BCUT2D eigenvalue weighted by atomic mass is 10.2. The number of amides is 1. The summed E-state index contributed by atoms with van der Waals surface area (Å²) in [6.07, 6.45) is 0.146. The largest absolute Gasteiger partial charge is 0.491 e. The second-order valence-electron chi connectivity index (χ2n) is 3.64. The number of rotatable bonds is 5. The molecule has 0 atom stereocenters. The van der Waals surface area contributed by atoms with E-state index in [1.807, 2.05) is 26.0 Å². The Hall–Kier alpha value is -1.03. The van der Waals surface area contributed by atoms with E-state index in [0.29, 0.717) is 12.1 Å². The molecule has 0 radical (unpaired) electrons. The van der Waals surface area contributed by atoms with E-state index in [0.717, 1.165) is 11.1 Å². The Morgan fingerprint density at radius 2 is 2.00 bits per heavy atom. The monoisotopic (exact) mass is 285 g/mol. The van der Waals surface area contributed by atoms with Crippen molar-refractivity contribution in [2.75, 3.05) is 11.9 Å². The van der Waals surface area contributed by atoms with Crippen LogP contribution in [0.2, 0.25) is 0 Å². The molecule has 4 heteroatoms. The molecule has 0 bridgehead atoms. The molecule has 0 aliphatic carbocycles. The van der Waals surface area contributed by atoms with Crippen LogP contribution in [0.5, 0.6) is 5.75 Å². The van der Waals surface area contributed by atoms with Crippen LogP contribution in [0.25, 0.3) is 0 Å². The highest BCUT2D eigenvalue weighted by Crippen LogP contribution is 2.13. The van der Waals surface area contributed by atoms with Gasteiger partial charge in [-0.3, -0.25) is 4.79 Å². The molecule has 3 nitrogen and oxygen atoms in total. The van der Waals surface area contributed by atoms with Gasteiger partial charge in [0.1, 0.15) is 5.75 Å². The molecule has 16 heavy (non-hydrogen) atoms. The summed E-state index contributed by atoms with van der Waals surface area (Å²) in [7, 11) is 0. The minimum Gasteiger partial charge on any atom is -0.491 e. The van der Waals surface area contributed by atoms with Gasteiger partial charge in [-0.2, -0.15) is 0 Å². The fraction of sp³-hybridized carbons (Fsp3) is 0.417. The van der Waals surface area contributed by atoms with Gasteiger partial charge in [-0.15, -0.1) is 0 Å². The van der Waals surface area contributed by atoms with Crippen LogP contribution in [0.3, 0.4) is 0 Å². The summed E-state index contributed by atoms with van der Waals surface area (Å²) >= 11 is 3.25. The summed E-state index contributed by atoms with van der Waals surface area (Å²) < 4.78 is 5.49. The SMILES string of the molecule is CC(C)Oc1ccc(C(=O)NCCBr)cc1. The van der Waals surface area contributed by atoms with Crippen LogP contribution >= 0.6 is 15.9 Å². The molecular formula is C12H16BrNO2. The molecule has 0 heterocycles. The normalized spacial score (nSPS) is 10.2. The van der Waals surface area contributed by atoms with Gasteiger partial charge in [0.15, 0.2) is 0 Å². The molecule has 0 unspecified atom stereocenters. The van der Waals surface area contributed by atoms with Crippen LogP contribution in [0, 0.1) is 0 Å². The van der Waals surface area contributed by atoms with E-state index in [2.05, 4.69) is 21.2 Å². The summed E-state index contributed by atoms with van der Waals surface area (Å²) in [5, 5.41) is 3.54. The fourth-order valence-electron chi connectivity index (χ4n) is 1.22. The average molecular weight is 286 g/mol. The minimum atomic E-state index is -0.0597. The lowest BCUT2D eigenvalue weighted by Crippen LogP contribution is -2.25. The van der Waals surface area contributed by atoms with Crippen LogP contribution in [0.15, 0.2) is 24.3 Å². The molecule has 1 aromatic rings. The van der Waals surface area contributed by atoms with Gasteiger partial charge in [-0.25, -0.2) is 0 Å². The summed E-state index contributed by atoms with van der Waals surface area (Å²) in [6.45, 7) is 4.57. The van der Waals surface area contributed by atoms with Crippen molar-refractivity contribution in [3.63, 3.8) is 0 Å². The Labute approximate surface area is 104 Å². The van der Waals surface area contributed by atoms with Crippen molar-refractivity contribution in [2.45, 2.75) is 20.0 Å². The van der Waals surface area contributed by atoms with Gasteiger partial charge in [0.05, 0.1) is 6.10 Å². The van der Waals surface area contributed by atoms with Gasteiger partial charge in [-0.1, -0.05) is 15.9 Å². The molecule has 0 aliphatic heterocycles. The van der Waals surface area contributed by atoms with E-state index in [-0.39, 0.29) is 12.0 Å². The van der Waals surface area contributed by atoms with Gasteiger partial charge < -0.3 is 10.1 Å². The number of hydrogen-bond donors (Lipinski definition) is 1. The highest BCUT2D eigenvalue weighted by molar-refractivity contribution is 9.09. The molecule has 88 valence electrons. The Bertz CT molecular complexity index is 335. The highest BCUT2D eigenvalue weighted by atomic mass is 79.9. The molecule has 0 aromatic heterocycles. The van der Waals surface area contributed by atoms with Crippen LogP contribution in [-0.4, -0.2) is 23.9 Å². The summed E-state index contributed by atoms with van der Waals surface area (Å²) in [5.74, 6) is 0.725. The maximum absolute atomic E-state index is 11.6. The predicted molar refractivity (Wildman–Crippen MR) is 68.3 cm³/mol. The maximum atomic E-state index is 11.6. The van der Waals surface area contributed by atoms with Gasteiger partial charge in [-0.05, 0) is 38.1 Å². The van der Waals surface area contributed by atoms with Crippen molar-refractivity contribution in [3.8, 4) is 5.75 Å². The second kappa shape index (κ2) is 6.53. The lowest BCUT2D eigenvalue weighted by Gasteiger charge is -2.10. The number of benzene rings is 1. The van der Waals surface area contributed by atoms with Crippen molar-refractivity contribution >= 4 is 21.8 Å². The summed E-state index contributed by atoms with van der Waals surface area (Å²) in [5.41, 5.74) is 0.650. The molecule has 0 spiro atoms. The van der Waals surface area contributed by atoms with Crippen molar-refractivity contribution in [2.24, 2.45) is 0 Å². The number of ether oxygens (including phenoxy) is 1. The van der Waals surface area contributed by atoms with Crippen LogP contribution < -0.4 is 10.1 Å². The van der Waals surface area contributed by atoms with E-state index in [9.17, 15) is 4.79 Å². The van der Waals surface area contributed by atoms with Crippen LogP contribution in [0.4, 0.5) is 0 Å². The van der Waals surface area contributed by atoms with Gasteiger partial charge >= 0.3 is 0 Å². The van der Waals surface area contributed by atoms with E-state index in [4.69, 9.17) is 4.74 Å². The van der Waals surface area contributed by atoms with Crippen LogP contribution in [0.1, 0.15) is 24.2 Å². The van der Waals surface area contributed by atoms with Crippen LogP contribution in [-0.2, 0) is 0 Å². The van der Waals surface area contributed by atoms with Crippen molar-refractivity contribution in [1.82, 2.24) is 5.32 Å². The average Bonchev–Trinajstić information content (AvgIpc) is 2.26. The quantitative estimate of drug-likeness (QED) is 0.845.